The molecule has 0 aliphatic carbocycles. The van der Waals surface area contributed by atoms with Crippen LogP contribution >= 0.6 is 11.6 Å². The van der Waals surface area contributed by atoms with Gasteiger partial charge in [0, 0.05) is 10.7 Å². The number of halogens is 1. The van der Waals surface area contributed by atoms with E-state index in [-0.39, 0.29) is 11.1 Å². The van der Waals surface area contributed by atoms with Crippen LogP contribution in [0.2, 0.25) is 5.02 Å². The van der Waals surface area contributed by atoms with Gasteiger partial charge in [-0.1, -0.05) is 23.7 Å². The number of nitrogens with zero attached hydrogens (tertiary/aromatic N) is 1. The normalized spacial score (nSPS) is 9.94. The number of aromatic amines is 1. The van der Waals surface area contributed by atoms with Gasteiger partial charge in [0.05, 0.1) is 0 Å². The molecule has 0 saturated carbocycles. The minimum Gasteiger partial charge on any atom is -0.321 e. The molecule has 0 unspecified atom stereocenters. The van der Waals surface area contributed by atoms with Crippen molar-refractivity contribution in [3.63, 3.8) is 0 Å². The largest absolute Gasteiger partial charge is 0.321 e. The number of benzene rings is 1. The van der Waals surface area contributed by atoms with E-state index in [0.717, 1.165) is 5.56 Å². The van der Waals surface area contributed by atoms with Crippen molar-refractivity contribution in [2.75, 3.05) is 0 Å². The number of H-pyrrole nitrogens is 1. The van der Waals surface area contributed by atoms with Gasteiger partial charge in [0.1, 0.15) is 11.6 Å². The van der Waals surface area contributed by atoms with Gasteiger partial charge < -0.3 is 4.98 Å². The van der Waals surface area contributed by atoms with Crippen LogP contribution in [-0.4, -0.2) is 4.98 Å². The predicted molar refractivity (Wildman–Crippen MR) is 67.0 cm³/mol. The summed E-state index contributed by atoms with van der Waals surface area (Å²) in [7, 11) is 0. The van der Waals surface area contributed by atoms with Crippen LogP contribution in [0, 0.1) is 18.3 Å². The summed E-state index contributed by atoms with van der Waals surface area (Å²) in [6.45, 7) is 1.74. The fraction of sp³-hybridized carbons (Fsp3) is 0.0769. The van der Waals surface area contributed by atoms with E-state index >= 15 is 0 Å². The molecule has 84 valence electrons. The zero-order chi connectivity index (χ0) is 12.4. The smallest absolute Gasteiger partial charge is 0.266 e. The molecule has 0 aliphatic heterocycles. The van der Waals surface area contributed by atoms with Gasteiger partial charge in [-0.2, -0.15) is 5.26 Å². The van der Waals surface area contributed by atoms with Crippen molar-refractivity contribution in [3.8, 4) is 17.3 Å². The van der Waals surface area contributed by atoms with Crippen molar-refractivity contribution in [2.45, 2.75) is 6.92 Å². The maximum Gasteiger partial charge on any atom is 0.266 e. The second kappa shape index (κ2) is 4.44. The van der Waals surface area contributed by atoms with Crippen LogP contribution in [0.15, 0.2) is 35.1 Å². The van der Waals surface area contributed by atoms with E-state index in [0.29, 0.717) is 16.3 Å². The van der Waals surface area contributed by atoms with Crippen LogP contribution in [0.25, 0.3) is 11.3 Å². The molecule has 1 N–H and O–H groups in total. The Bertz CT molecular complexity index is 651. The number of rotatable bonds is 1. The molecule has 2 rings (SSSR count). The maximum atomic E-state index is 11.6. The molecule has 4 heteroatoms. The molecule has 17 heavy (non-hydrogen) atoms. The summed E-state index contributed by atoms with van der Waals surface area (Å²) in [5.74, 6) is 0. The lowest BCUT2D eigenvalue weighted by Gasteiger charge is -2.04. The third-order valence-corrected chi connectivity index (χ3v) is 2.75. The van der Waals surface area contributed by atoms with Gasteiger partial charge in [0.2, 0.25) is 0 Å². The molecule has 0 saturated heterocycles. The molecule has 0 atom stereocenters. The van der Waals surface area contributed by atoms with Crippen LogP contribution in [0.3, 0.4) is 0 Å². The summed E-state index contributed by atoms with van der Waals surface area (Å²) in [5, 5.41) is 9.45. The van der Waals surface area contributed by atoms with Crippen molar-refractivity contribution in [1.29, 1.82) is 5.26 Å². The van der Waals surface area contributed by atoms with Gasteiger partial charge in [-0.3, -0.25) is 4.79 Å². The van der Waals surface area contributed by atoms with Crippen molar-refractivity contribution in [2.24, 2.45) is 0 Å². The second-order valence-corrected chi connectivity index (χ2v) is 4.13. The standard InChI is InChI=1S/C13H9ClN2O/c1-8-6-12(16-13(17)11(8)7-15)9-2-4-10(14)5-3-9/h2-6H,1H3,(H,16,17). The Kier molecular flexibility index (Phi) is 2.99. The number of nitriles is 1. The fourth-order valence-electron chi connectivity index (χ4n) is 1.61. The van der Waals surface area contributed by atoms with E-state index in [4.69, 9.17) is 16.9 Å². The number of hydrogen-bond acceptors (Lipinski definition) is 2. The Balaban J connectivity index is 2.59. The van der Waals surface area contributed by atoms with E-state index in [1.807, 2.05) is 18.2 Å². The summed E-state index contributed by atoms with van der Waals surface area (Å²) in [6, 6.07) is 10.8. The number of nitrogens with one attached hydrogen (secondary N) is 1. The summed E-state index contributed by atoms with van der Waals surface area (Å²) in [4.78, 5) is 14.3. The Morgan fingerprint density at radius 3 is 2.47 bits per heavy atom. The van der Waals surface area contributed by atoms with Gasteiger partial charge in [0.15, 0.2) is 0 Å². The van der Waals surface area contributed by atoms with Crippen molar-refractivity contribution in [1.82, 2.24) is 4.98 Å². The zero-order valence-corrected chi connectivity index (χ0v) is 9.88. The molecule has 1 aromatic heterocycles. The molecule has 0 fully saturated rings. The molecule has 0 aliphatic rings. The summed E-state index contributed by atoms with van der Waals surface area (Å²) in [5.41, 5.74) is 2.00. The van der Waals surface area contributed by atoms with Crippen molar-refractivity contribution >= 4 is 11.6 Å². The van der Waals surface area contributed by atoms with Crippen molar-refractivity contribution in [3.05, 3.63) is 56.8 Å². The molecule has 3 nitrogen and oxygen atoms in total. The lowest BCUT2D eigenvalue weighted by atomic mass is 10.1. The third kappa shape index (κ3) is 2.22. The monoisotopic (exact) mass is 244 g/mol. The highest BCUT2D eigenvalue weighted by Gasteiger charge is 2.06. The average Bonchev–Trinajstić information content (AvgIpc) is 2.29. The average molecular weight is 245 g/mol. The highest BCUT2D eigenvalue weighted by molar-refractivity contribution is 6.30. The van der Waals surface area contributed by atoms with Crippen LogP contribution < -0.4 is 5.56 Å². The van der Waals surface area contributed by atoms with Gasteiger partial charge >= 0.3 is 0 Å². The quantitative estimate of drug-likeness (QED) is 0.839. The van der Waals surface area contributed by atoms with E-state index < -0.39 is 0 Å². The first-order valence-electron chi connectivity index (χ1n) is 5.02. The molecule has 2 aromatic rings. The Hall–Kier alpha value is -2.05. The van der Waals surface area contributed by atoms with E-state index in [1.165, 1.54) is 0 Å². The summed E-state index contributed by atoms with van der Waals surface area (Å²) < 4.78 is 0. The molecule has 0 amide bonds. The second-order valence-electron chi connectivity index (χ2n) is 3.69. The van der Waals surface area contributed by atoms with Gasteiger partial charge in [-0.15, -0.1) is 0 Å². The maximum absolute atomic E-state index is 11.6. The molecule has 1 heterocycles. The first kappa shape index (κ1) is 11.4. The Morgan fingerprint density at radius 1 is 1.29 bits per heavy atom. The molecular formula is C13H9ClN2O. The number of pyridine rings is 1. The van der Waals surface area contributed by atoms with Crippen LogP contribution in [-0.2, 0) is 0 Å². The topological polar surface area (TPSA) is 56.6 Å². The highest BCUT2D eigenvalue weighted by atomic mass is 35.5. The number of hydrogen-bond donors (Lipinski definition) is 1. The first-order valence-corrected chi connectivity index (χ1v) is 5.39. The summed E-state index contributed by atoms with van der Waals surface area (Å²) in [6.07, 6.45) is 0. The molecule has 0 radical (unpaired) electrons. The number of aromatic nitrogens is 1. The van der Waals surface area contributed by atoms with Crippen LogP contribution in [0.5, 0.6) is 0 Å². The van der Waals surface area contributed by atoms with E-state index in [2.05, 4.69) is 4.98 Å². The lowest BCUT2D eigenvalue weighted by Crippen LogP contribution is -2.12. The molecule has 1 aromatic carbocycles. The van der Waals surface area contributed by atoms with Gasteiger partial charge in [0.25, 0.3) is 5.56 Å². The minimum atomic E-state index is -0.363. The third-order valence-electron chi connectivity index (χ3n) is 2.50. The van der Waals surface area contributed by atoms with Crippen LogP contribution in [0.1, 0.15) is 11.1 Å². The predicted octanol–water partition coefficient (Wildman–Crippen LogP) is 2.88. The number of aryl methyl sites for hydroxylation is 1. The molecule has 0 spiro atoms. The Morgan fingerprint density at radius 2 is 1.94 bits per heavy atom. The lowest BCUT2D eigenvalue weighted by molar-refractivity contribution is 1.18. The molecular weight excluding hydrogens is 236 g/mol. The summed E-state index contributed by atoms with van der Waals surface area (Å²) >= 11 is 5.79. The first-order chi connectivity index (χ1) is 8.11. The fourth-order valence-corrected chi connectivity index (χ4v) is 1.74. The zero-order valence-electron chi connectivity index (χ0n) is 9.12. The highest BCUT2D eigenvalue weighted by Crippen LogP contribution is 2.20. The molecule has 0 bridgehead atoms. The Labute approximate surface area is 103 Å². The van der Waals surface area contributed by atoms with Crippen molar-refractivity contribution < 1.29 is 0 Å². The van der Waals surface area contributed by atoms with Gasteiger partial charge in [-0.05, 0) is 36.2 Å². The van der Waals surface area contributed by atoms with Gasteiger partial charge in [-0.25, -0.2) is 0 Å². The SMILES string of the molecule is Cc1cc(-c2ccc(Cl)cc2)[nH]c(=O)c1C#N. The van der Waals surface area contributed by atoms with Crippen LogP contribution in [0.4, 0.5) is 0 Å². The van der Waals surface area contributed by atoms with E-state index in [1.54, 1.807) is 25.1 Å². The van der Waals surface area contributed by atoms with E-state index in [9.17, 15) is 4.79 Å². The minimum absolute atomic E-state index is 0.155.